The molecule has 1 fully saturated rings. The summed E-state index contributed by atoms with van der Waals surface area (Å²) in [6.07, 6.45) is 7.47. The topological polar surface area (TPSA) is 26.3 Å². The van der Waals surface area contributed by atoms with Crippen molar-refractivity contribution in [3.63, 3.8) is 0 Å². The monoisotopic (exact) mass is 192 g/mol. The summed E-state index contributed by atoms with van der Waals surface area (Å²) in [5.41, 5.74) is 2.80. The smallest absolute Gasteiger partial charge is 0.330 e. The van der Waals surface area contributed by atoms with Gasteiger partial charge in [-0.15, -0.1) is 0 Å². The van der Waals surface area contributed by atoms with Crippen LogP contribution in [0.15, 0.2) is 23.3 Å². The van der Waals surface area contributed by atoms with Gasteiger partial charge in [0.25, 0.3) is 0 Å². The highest BCUT2D eigenvalue weighted by molar-refractivity contribution is 5.83. The minimum atomic E-state index is -0.211. The fraction of sp³-hybridized carbons (Fsp3) is 0.583. The van der Waals surface area contributed by atoms with E-state index in [0.717, 1.165) is 18.8 Å². The Morgan fingerprint density at radius 2 is 2.43 bits per heavy atom. The quantitative estimate of drug-likeness (QED) is 0.381. The molecule has 0 spiro atoms. The Kier molecular flexibility index (Phi) is 2.44. The van der Waals surface area contributed by atoms with Crippen molar-refractivity contribution in [2.75, 3.05) is 7.11 Å². The molecule has 0 aliphatic heterocycles. The van der Waals surface area contributed by atoms with Crippen LogP contribution < -0.4 is 0 Å². The molecule has 0 radical (unpaired) electrons. The van der Waals surface area contributed by atoms with Crippen LogP contribution in [0.25, 0.3) is 0 Å². The number of allylic oxidation sites excluding steroid dienone is 3. The Morgan fingerprint density at radius 3 is 3.07 bits per heavy atom. The Balaban J connectivity index is 2.04. The summed E-state index contributed by atoms with van der Waals surface area (Å²) in [6.45, 7) is 2.19. The number of carbonyl (C=O) groups excluding carboxylic acids is 1. The maximum atomic E-state index is 11.0. The maximum absolute atomic E-state index is 11.0. The number of hydrogen-bond donors (Lipinski definition) is 0. The standard InChI is InChI=1S/C12H16O2/c1-3-8-4-9-6-10(11(9)5-8)7-12(13)14-2/h5,7,9,11H,3-4,6H2,1-2H3/b10-7+/t9-,11-/m1/s1. The fourth-order valence-electron chi connectivity index (χ4n) is 2.44. The SMILES string of the molecule is CCC1=C[C@H]2/C(=C/C(=O)OC)C[C@H]2C1. The van der Waals surface area contributed by atoms with Gasteiger partial charge in [-0.2, -0.15) is 0 Å². The molecule has 2 nitrogen and oxygen atoms in total. The van der Waals surface area contributed by atoms with E-state index in [4.69, 9.17) is 0 Å². The van der Waals surface area contributed by atoms with Gasteiger partial charge in [-0.25, -0.2) is 4.79 Å². The summed E-state index contributed by atoms with van der Waals surface area (Å²) >= 11 is 0. The van der Waals surface area contributed by atoms with E-state index in [2.05, 4.69) is 17.7 Å². The predicted octanol–water partition coefficient (Wildman–Crippen LogP) is 2.46. The van der Waals surface area contributed by atoms with E-state index in [-0.39, 0.29) is 5.97 Å². The fourth-order valence-corrected chi connectivity index (χ4v) is 2.44. The van der Waals surface area contributed by atoms with Crippen molar-refractivity contribution >= 4 is 5.97 Å². The third kappa shape index (κ3) is 1.49. The van der Waals surface area contributed by atoms with Gasteiger partial charge in [-0.3, -0.25) is 0 Å². The summed E-state index contributed by atoms with van der Waals surface area (Å²) in [5, 5.41) is 0. The van der Waals surface area contributed by atoms with Gasteiger partial charge >= 0.3 is 5.97 Å². The summed E-state index contributed by atoms with van der Waals surface area (Å²) in [4.78, 5) is 11.0. The molecular weight excluding hydrogens is 176 g/mol. The molecule has 0 N–H and O–H groups in total. The molecule has 0 amide bonds. The molecule has 0 bridgehead atoms. The van der Waals surface area contributed by atoms with Gasteiger partial charge in [0.15, 0.2) is 0 Å². The van der Waals surface area contributed by atoms with E-state index in [0.29, 0.717) is 5.92 Å². The average molecular weight is 192 g/mol. The van der Waals surface area contributed by atoms with Crippen LogP contribution in [0.5, 0.6) is 0 Å². The number of carbonyl (C=O) groups is 1. The Morgan fingerprint density at radius 1 is 1.64 bits per heavy atom. The second-order valence-electron chi connectivity index (χ2n) is 4.11. The van der Waals surface area contributed by atoms with Crippen molar-refractivity contribution in [1.29, 1.82) is 0 Å². The summed E-state index contributed by atoms with van der Waals surface area (Å²) in [5.74, 6) is 1.11. The molecule has 0 saturated heterocycles. The Labute approximate surface area is 84.6 Å². The number of rotatable bonds is 2. The second kappa shape index (κ2) is 3.60. The van der Waals surface area contributed by atoms with Crippen molar-refractivity contribution in [3.8, 4) is 0 Å². The van der Waals surface area contributed by atoms with Gasteiger partial charge in [0.05, 0.1) is 7.11 Å². The predicted molar refractivity (Wildman–Crippen MR) is 54.7 cm³/mol. The van der Waals surface area contributed by atoms with Crippen LogP contribution in [0, 0.1) is 11.8 Å². The Hall–Kier alpha value is -1.05. The van der Waals surface area contributed by atoms with Crippen LogP contribution in [-0.2, 0) is 9.53 Å². The highest BCUT2D eigenvalue weighted by Crippen LogP contribution is 2.49. The van der Waals surface area contributed by atoms with Crippen LogP contribution in [0.2, 0.25) is 0 Å². The number of esters is 1. The van der Waals surface area contributed by atoms with E-state index in [1.54, 1.807) is 11.6 Å². The van der Waals surface area contributed by atoms with E-state index >= 15 is 0 Å². The van der Waals surface area contributed by atoms with Crippen LogP contribution in [0.1, 0.15) is 26.2 Å². The third-order valence-electron chi connectivity index (χ3n) is 3.33. The molecule has 0 aromatic carbocycles. The van der Waals surface area contributed by atoms with Crippen molar-refractivity contribution in [2.24, 2.45) is 11.8 Å². The van der Waals surface area contributed by atoms with Crippen molar-refractivity contribution in [2.45, 2.75) is 26.2 Å². The normalized spacial score (nSPS) is 32.1. The lowest BCUT2D eigenvalue weighted by Crippen LogP contribution is -2.24. The first kappa shape index (κ1) is 9.50. The molecule has 0 aromatic rings. The minimum Gasteiger partial charge on any atom is -0.466 e. The minimum absolute atomic E-state index is 0.211. The highest BCUT2D eigenvalue weighted by Gasteiger charge is 2.38. The highest BCUT2D eigenvalue weighted by atomic mass is 16.5. The number of ether oxygens (including phenoxy) is 1. The van der Waals surface area contributed by atoms with Crippen LogP contribution in [0.4, 0.5) is 0 Å². The third-order valence-corrected chi connectivity index (χ3v) is 3.33. The van der Waals surface area contributed by atoms with Gasteiger partial charge in [-0.05, 0) is 25.2 Å². The van der Waals surface area contributed by atoms with Gasteiger partial charge in [0.2, 0.25) is 0 Å². The largest absolute Gasteiger partial charge is 0.466 e. The lowest BCUT2D eigenvalue weighted by atomic mass is 9.71. The van der Waals surface area contributed by atoms with E-state index in [9.17, 15) is 4.79 Å². The molecule has 2 aliphatic rings. The number of fused-ring (bicyclic) bond motifs is 1. The first-order valence-corrected chi connectivity index (χ1v) is 5.22. The zero-order valence-corrected chi connectivity index (χ0v) is 8.75. The van der Waals surface area contributed by atoms with E-state index in [1.165, 1.54) is 19.1 Å². The van der Waals surface area contributed by atoms with Crippen molar-refractivity contribution in [1.82, 2.24) is 0 Å². The van der Waals surface area contributed by atoms with E-state index in [1.807, 2.05) is 0 Å². The van der Waals surface area contributed by atoms with Crippen molar-refractivity contribution < 1.29 is 9.53 Å². The van der Waals surface area contributed by atoms with Gasteiger partial charge in [-0.1, -0.05) is 24.1 Å². The number of hydrogen-bond acceptors (Lipinski definition) is 2. The lowest BCUT2D eigenvalue weighted by molar-refractivity contribution is -0.135. The van der Waals surface area contributed by atoms with Crippen LogP contribution >= 0.6 is 0 Å². The molecular formula is C12H16O2. The summed E-state index contributed by atoms with van der Waals surface area (Å²) in [7, 11) is 1.43. The second-order valence-corrected chi connectivity index (χ2v) is 4.11. The van der Waals surface area contributed by atoms with E-state index < -0.39 is 0 Å². The summed E-state index contributed by atoms with van der Waals surface area (Å²) in [6, 6.07) is 0. The lowest BCUT2D eigenvalue weighted by Gasteiger charge is -2.33. The molecule has 0 unspecified atom stereocenters. The number of methoxy groups -OCH3 is 1. The summed E-state index contributed by atoms with van der Waals surface area (Å²) < 4.78 is 4.62. The zero-order chi connectivity index (χ0) is 10.1. The first-order valence-electron chi connectivity index (χ1n) is 5.22. The van der Waals surface area contributed by atoms with Gasteiger partial charge in [0.1, 0.15) is 0 Å². The Bertz CT molecular complexity index is 312. The molecule has 1 saturated carbocycles. The molecule has 0 aromatic heterocycles. The van der Waals surface area contributed by atoms with Gasteiger partial charge in [0, 0.05) is 12.0 Å². The van der Waals surface area contributed by atoms with Crippen molar-refractivity contribution in [3.05, 3.63) is 23.3 Å². The molecule has 2 aliphatic carbocycles. The van der Waals surface area contributed by atoms with Gasteiger partial charge < -0.3 is 4.74 Å². The first-order chi connectivity index (χ1) is 6.74. The molecule has 0 heterocycles. The molecule has 2 atom stereocenters. The van der Waals surface area contributed by atoms with Crippen LogP contribution in [0.3, 0.4) is 0 Å². The molecule has 2 rings (SSSR count). The van der Waals surface area contributed by atoms with Crippen LogP contribution in [-0.4, -0.2) is 13.1 Å². The molecule has 14 heavy (non-hydrogen) atoms. The maximum Gasteiger partial charge on any atom is 0.330 e. The molecule has 76 valence electrons. The molecule has 2 heteroatoms. The average Bonchev–Trinajstić information content (AvgIpc) is 2.51. The zero-order valence-electron chi connectivity index (χ0n) is 8.75.